The van der Waals surface area contributed by atoms with Crippen molar-refractivity contribution in [1.82, 2.24) is 0 Å². The van der Waals surface area contributed by atoms with Gasteiger partial charge in [0.2, 0.25) is 0 Å². The Balaban J connectivity index is 1.61. The third-order valence-electron chi connectivity index (χ3n) is 6.95. The molecule has 5 rings (SSSR count). The van der Waals surface area contributed by atoms with Crippen molar-refractivity contribution in [2.75, 3.05) is 16.3 Å². The zero-order valence-corrected chi connectivity index (χ0v) is 20.6. The van der Waals surface area contributed by atoms with Crippen molar-refractivity contribution in [3.63, 3.8) is 0 Å². The molecule has 170 valence electrons. The molecule has 0 radical (unpaired) electrons. The van der Waals surface area contributed by atoms with Crippen LogP contribution < -0.4 is 9.80 Å². The van der Waals surface area contributed by atoms with Crippen molar-refractivity contribution in [2.45, 2.75) is 59.4 Å². The molecule has 3 aromatic carbocycles. The highest BCUT2D eigenvalue weighted by Crippen LogP contribution is 2.41. The topological polar surface area (TPSA) is 19.6 Å². The smallest absolute Gasteiger partial charge is 0.159 e. The predicted molar refractivity (Wildman–Crippen MR) is 142 cm³/mol. The van der Waals surface area contributed by atoms with Gasteiger partial charge in [0.1, 0.15) is 5.58 Å². The highest BCUT2D eigenvalue weighted by molar-refractivity contribution is 6.09. The van der Waals surface area contributed by atoms with Crippen LogP contribution in [0.1, 0.15) is 63.1 Å². The van der Waals surface area contributed by atoms with Crippen LogP contribution in [0.25, 0.3) is 21.9 Å². The van der Waals surface area contributed by atoms with E-state index >= 15 is 0 Å². The summed E-state index contributed by atoms with van der Waals surface area (Å²) in [5.41, 5.74) is 8.55. The molecule has 1 atom stereocenters. The summed E-state index contributed by atoms with van der Waals surface area (Å²) in [4.78, 5) is 4.85. The third kappa shape index (κ3) is 3.60. The number of nitrogens with zero attached hydrogens (tertiary/aromatic N) is 2. The lowest BCUT2D eigenvalue weighted by Gasteiger charge is -2.40. The van der Waals surface area contributed by atoms with Crippen molar-refractivity contribution in [3.8, 4) is 0 Å². The Labute approximate surface area is 197 Å². The molecule has 3 nitrogen and oxygen atoms in total. The first kappa shape index (κ1) is 21.6. The second kappa shape index (κ2) is 8.30. The molecule has 0 aliphatic carbocycles. The first-order valence-corrected chi connectivity index (χ1v) is 12.1. The van der Waals surface area contributed by atoms with Crippen LogP contribution in [0.2, 0.25) is 0 Å². The van der Waals surface area contributed by atoms with Gasteiger partial charge < -0.3 is 14.2 Å². The summed E-state index contributed by atoms with van der Waals surface area (Å²) in [6, 6.07) is 19.8. The van der Waals surface area contributed by atoms with E-state index in [1.807, 2.05) is 6.07 Å². The Bertz CT molecular complexity index is 1320. The Kier molecular flexibility index (Phi) is 5.44. The fourth-order valence-electron chi connectivity index (χ4n) is 5.23. The van der Waals surface area contributed by atoms with Gasteiger partial charge in [-0.25, -0.2) is 0 Å². The molecule has 0 unspecified atom stereocenters. The Morgan fingerprint density at radius 2 is 1.48 bits per heavy atom. The SMILES string of the molecule is Cc1ccc2c(oc3ccccc32)c1N1C=CN(c2c(C(C)C)cccc2C(C)C)[C@@H](C)C1. The first-order valence-electron chi connectivity index (χ1n) is 12.1. The van der Waals surface area contributed by atoms with Crippen LogP contribution in [0, 0.1) is 6.92 Å². The number of furan rings is 1. The number of rotatable bonds is 4. The van der Waals surface area contributed by atoms with E-state index in [1.54, 1.807) is 0 Å². The largest absolute Gasteiger partial charge is 0.454 e. The highest BCUT2D eigenvalue weighted by Gasteiger charge is 2.27. The molecular formula is C30H34N2O. The molecule has 0 spiro atoms. The fraction of sp³-hybridized carbons (Fsp3) is 0.333. The highest BCUT2D eigenvalue weighted by atomic mass is 16.3. The minimum Gasteiger partial charge on any atom is -0.454 e. The molecule has 0 N–H and O–H groups in total. The lowest BCUT2D eigenvalue weighted by atomic mass is 9.91. The second-order valence-corrected chi connectivity index (χ2v) is 10.0. The van der Waals surface area contributed by atoms with Gasteiger partial charge in [-0.15, -0.1) is 0 Å². The van der Waals surface area contributed by atoms with Crippen LogP contribution in [0.5, 0.6) is 0 Å². The normalized spacial score (nSPS) is 16.7. The summed E-state index contributed by atoms with van der Waals surface area (Å²) in [7, 11) is 0. The van der Waals surface area contributed by atoms with Gasteiger partial charge in [-0.05, 0) is 48.4 Å². The van der Waals surface area contributed by atoms with Crippen LogP contribution >= 0.6 is 0 Å². The molecule has 0 saturated carbocycles. The maximum absolute atomic E-state index is 6.38. The number of aryl methyl sites for hydroxylation is 1. The van der Waals surface area contributed by atoms with Gasteiger partial charge in [-0.1, -0.05) is 76.2 Å². The first-order chi connectivity index (χ1) is 15.9. The Hall–Kier alpha value is -3.20. The summed E-state index contributed by atoms with van der Waals surface area (Å²) in [6.45, 7) is 14.6. The quantitative estimate of drug-likeness (QED) is 0.319. The van der Waals surface area contributed by atoms with Crippen molar-refractivity contribution >= 4 is 33.3 Å². The van der Waals surface area contributed by atoms with E-state index in [1.165, 1.54) is 38.8 Å². The summed E-state index contributed by atoms with van der Waals surface area (Å²) in [5, 5.41) is 2.36. The third-order valence-corrected chi connectivity index (χ3v) is 6.95. The van der Waals surface area contributed by atoms with Crippen LogP contribution in [0.15, 0.2) is 71.4 Å². The number of fused-ring (bicyclic) bond motifs is 3. The molecule has 3 heteroatoms. The standard InChI is InChI=1S/C30H34N2O/c1-19(2)23-11-9-12-24(20(3)4)29(23)32-17-16-31(18-22(32)6)28-21(5)14-15-26-25-10-7-8-13-27(25)33-30(26)28/h7-17,19-20,22H,18H2,1-6H3/t22-/m0/s1. The number of hydrogen-bond donors (Lipinski definition) is 0. The second-order valence-electron chi connectivity index (χ2n) is 10.0. The van der Waals surface area contributed by atoms with Crippen LogP contribution in [0.3, 0.4) is 0 Å². The van der Waals surface area contributed by atoms with Gasteiger partial charge in [-0.2, -0.15) is 0 Å². The van der Waals surface area contributed by atoms with E-state index in [2.05, 4.69) is 112 Å². The number of benzene rings is 3. The fourth-order valence-corrected chi connectivity index (χ4v) is 5.23. The average molecular weight is 439 g/mol. The minimum absolute atomic E-state index is 0.325. The molecule has 33 heavy (non-hydrogen) atoms. The van der Waals surface area contributed by atoms with Gasteiger partial charge in [0.15, 0.2) is 5.58 Å². The molecule has 4 aromatic rings. The van der Waals surface area contributed by atoms with E-state index in [9.17, 15) is 0 Å². The molecule has 1 aliphatic heterocycles. The van der Waals surface area contributed by atoms with Crippen LogP contribution in [-0.2, 0) is 0 Å². The molecule has 0 saturated heterocycles. The maximum atomic E-state index is 6.38. The number of hydrogen-bond acceptors (Lipinski definition) is 3. The number of para-hydroxylation sites is 2. The van der Waals surface area contributed by atoms with Gasteiger partial charge in [0.25, 0.3) is 0 Å². The summed E-state index contributed by atoms with van der Waals surface area (Å²) in [5.74, 6) is 0.952. The van der Waals surface area contributed by atoms with E-state index in [-0.39, 0.29) is 0 Å². The van der Waals surface area contributed by atoms with Crippen LogP contribution in [0.4, 0.5) is 11.4 Å². The van der Waals surface area contributed by atoms with E-state index in [0.29, 0.717) is 17.9 Å². The van der Waals surface area contributed by atoms with E-state index < -0.39 is 0 Å². The summed E-state index contributed by atoms with van der Waals surface area (Å²) < 4.78 is 6.38. The molecule has 2 heterocycles. The van der Waals surface area contributed by atoms with Gasteiger partial charge in [0, 0.05) is 41.4 Å². The molecular weight excluding hydrogens is 404 g/mol. The van der Waals surface area contributed by atoms with Crippen molar-refractivity contribution in [1.29, 1.82) is 0 Å². The summed E-state index contributed by atoms with van der Waals surface area (Å²) in [6.07, 6.45) is 4.50. The van der Waals surface area contributed by atoms with Crippen LogP contribution in [-0.4, -0.2) is 12.6 Å². The van der Waals surface area contributed by atoms with Crippen molar-refractivity contribution in [2.24, 2.45) is 0 Å². The lowest BCUT2D eigenvalue weighted by molar-refractivity contribution is 0.648. The van der Waals surface area contributed by atoms with E-state index in [4.69, 9.17) is 4.42 Å². The van der Waals surface area contributed by atoms with Crippen molar-refractivity contribution in [3.05, 3.63) is 83.7 Å². The van der Waals surface area contributed by atoms with Gasteiger partial charge in [-0.3, -0.25) is 0 Å². The Morgan fingerprint density at radius 1 is 0.788 bits per heavy atom. The monoisotopic (exact) mass is 438 g/mol. The molecule has 1 aliphatic rings. The number of anilines is 2. The predicted octanol–water partition coefficient (Wildman–Crippen LogP) is 8.33. The zero-order valence-electron chi connectivity index (χ0n) is 20.6. The molecule has 0 amide bonds. The maximum Gasteiger partial charge on any atom is 0.159 e. The molecule has 0 bridgehead atoms. The molecule has 1 aromatic heterocycles. The van der Waals surface area contributed by atoms with E-state index in [0.717, 1.165) is 17.7 Å². The molecule has 0 fully saturated rings. The van der Waals surface area contributed by atoms with Gasteiger partial charge >= 0.3 is 0 Å². The summed E-state index contributed by atoms with van der Waals surface area (Å²) >= 11 is 0. The average Bonchev–Trinajstić information content (AvgIpc) is 3.16. The van der Waals surface area contributed by atoms with Gasteiger partial charge in [0.05, 0.1) is 5.69 Å². The lowest BCUT2D eigenvalue weighted by Crippen LogP contribution is -2.43. The Morgan fingerprint density at radius 3 is 2.15 bits per heavy atom. The van der Waals surface area contributed by atoms with Crippen molar-refractivity contribution < 1.29 is 4.42 Å². The zero-order chi connectivity index (χ0) is 23.3. The minimum atomic E-state index is 0.325.